The highest BCUT2D eigenvalue weighted by molar-refractivity contribution is 5.13. The van der Waals surface area contributed by atoms with Gasteiger partial charge in [0.05, 0.1) is 46.2 Å². The van der Waals surface area contributed by atoms with Crippen molar-refractivity contribution >= 4 is 0 Å². The van der Waals surface area contributed by atoms with Gasteiger partial charge in [-0.15, -0.1) is 0 Å². The summed E-state index contributed by atoms with van der Waals surface area (Å²) in [5.41, 5.74) is 1.19. The molecule has 0 unspecified atom stereocenters. The molecule has 32 heavy (non-hydrogen) atoms. The van der Waals surface area contributed by atoms with Crippen molar-refractivity contribution in [2.24, 2.45) is 0 Å². The molecule has 0 N–H and O–H groups in total. The molecule has 0 radical (unpaired) electrons. The lowest BCUT2D eigenvalue weighted by Gasteiger charge is -2.08. The zero-order valence-electron chi connectivity index (χ0n) is 20.9. The third-order valence-corrected chi connectivity index (χ3v) is 5.62. The summed E-state index contributed by atoms with van der Waals surface area (Å²) in [6.45, 7) is 7.53. The number of hydrogen-bond donors (Lipinski definition) is 0. The molecule has 1 aromatic carbocycles. The van der Waals surface area contributed by atoms with Gasteiger partial charge in [-0.25, -0.2) is 0 Å². The van der Waals surface area contributed by atoms with E-state index in [1.165, 1.54) is 89.0 Å². The van der Waals surface area contributed by atoms with Crippen LogP contribution in [-0.4, -0.2) is 46.2 Å². The monoisotopic (exact) mass is 450 g/mol. The van der Waals surface area contributed by atoms with Crippen molar-refractivity contribution in [1.82, 2.24) is 0 Å². The van der Waals surface area contributed by atoms with Crippen LogP contribution in [0, 0.1) is 0 Å². The van der Waals surface area contributed by atoms with Crippen molar-refractivity contribution in [3.63, 3.8) is 0 Å². The van der Waals surface area contributed by atoms with E-state index in [2.05, 4.69) is 19.1 Å². The minimum atomic E-state index is 0.603. The Morgan fingerprint density at radius 3 is 1.34 bits per heavy atom. The number of hydrogen-bond acceptors (Lipinski definition) is 4. The Morgan fingerprint density at radius 2 is 0.844 bits per heavy atom. The summed E-state index contributed by atoms with van der Waals surface area (Å²) >= 11 is 0. The number of benzene rings is 1. The van der Waals surface area contributed by atoms with E-state index in [9.17, 15) is 0 Å². The summed E-state index contributed by atoms with van der Waals surface area (Å²) in [6.07, 6.45) is 18.0. The van der Waals surface area contributed by atoms with E-state index in [-0.39, 0.29) is 0 Å². The number of unbranched alkanes of at least 4 members (excludes halogenated alkanes) is 12. The van der Waals surface area contributed by atoms with Gasteiger partial charge >= 0.3 is 0 Å². The summed E-state index contributed by atoms with van der Waals surface area (Å²) in [7, 11) is 0. The highest BCUT2D eigenvalue weighted by atomic mass is 16.6. The Hall–Kier alpha value is -0.940. The van der Waals surface area contributed by atoms with Crippen LogP contribution < -0.4 is 0 Å². The highest BCUT2D eigenvalue weighted by Gasteiger charge is 1.96. The third kappa shape index (κ3) is 20.9. The van der Waals surface area contributed by atoms with E-state index in [0.29, 0.717) is 46.2 Å². The Labute approximate surface area is 198 Å². The van der Waals surface area contributed by atoms with Crippen molar-refractivity contribution in [2.45, 2.75) is 97.0 Å². The molecule has 0 saturated heterocycles. The molecule has 0 spiro atoms. The summed E-state index contributed by atoms with van der Waals surface area (Å²) in [6, 6.07) is 10.2. The molecule has 4 nitrogen and oxygen atoms in total. The second-order valence-electron chi connectivity index (χ2n) is 8.62. The first-order chi connectivity index (χ1) is 15.9. The molecule has 0 amide bonds. The minimum Gasteiger partial charge on any atom is -0.379 e. The quantitative estimate of drug-likeness (QED) is 0.146. The number of rotatable bonds is 25. The molecule has 0 heterocycles. The maximum absolute atomic E-state index is 5.65. The fraction of sp³-hybridized carbons (Fsp3) is 0.786. The molecular formula is C28H50O4. The zero-order chi connectivity index (χ0) is 22.8. The van der Waals surface area contributed by atoms with E-state index >= 15 is 0 Å². The van der Waals surface area contributed by atoms with Crippen LogP contribution in [0.2, 0.25) is 0 Å². The normalized spacial score (nSPS) is 11.3. The Balaban J connectivity index is 1.64. The highest BCUT2D eigenvalue weighted by Crippen LogP contribution is 2.12. The maximum Gasteiger partial charge on any atom is 0.0718 e. The molecule has 0 aliphatic carbocycles. The lowest BCUT2D eigenvalue weighted by atomic mass is 10.0. The molecule has 186 valence electrons. The second-order valence-corrected chi connectivity index (χ2v) is 8.62. The molecule has 0 bridgehead atoms. The van der Waals surface area contributed by atoms with Crippen LogP contribution >= 0.6 is 0 Å². The van der Waals surface area contributed by atoms with Gasteiger partial charge in [-0.2, -0.15) is 0 Å². The largest absolute Gasteiger partial charge is 0.379 e. The average Bonchev–Trinajstić information content (AvgIpc) is 2.82. The van der Waals surface area contributed by atoms with Gasteiger partial charge in [0.15, 0.2) is 0 Å². The van der Waals surface area contributed by atoms with Crippen molar-refractivity contribution in [2.75, 3.05) is 46.2 Å². The van der Waals surface area contributed by atoms with Crippen molar-refractivity contribution in [3.05, 3.63) is 35.9 Å². The molecule has 0 aromatic heterocycles. The summed E-state index contributed by atoms with van der Waals surface area (Å²) < 4.78 is 22.3. The van der Waals surface area contributed by atoms with Crippen molar-refractivity contribution < 1.29 is 18.9 Å². The van der Waals surface area contributed by atoms with Gasteiger partial charge in [-0.3, -0.25) is 0 Å². The SMILES string of the molecule is CCCCCCCCCCCCCCCOCCOCCOCCOCc1ccccc1. The van der Waals surface area contributed by atoms with E-state index in [1.54, 1.807) is 0 Å². The Bertz CT molecular complexity index is 466. The van der Waals surface area contributed by atoms with Crippen LogP contribution in [0.15, 0.2) is 30.3 Å². The van der Waals surface area contributed by atoms with Crippen molar-refractivity contribution in [1.29, 1.82) is 0 Å². The lowest BCUT2D eigenvalue weighted by molar-refractivity contribution is -0.00440. The van der Waals surface area contributed by atoms with Crippen LogP contribution in [0.5, 0.6) is 0 Å². The molecule has 1 aromatic rings. The van der Waals surface area contributed by atoms with Gasteiger partial charge in [0.1, 0.15) is 0 Å². The lowest BCUT2D eigenvalue weighted by Crippen LogP contribution is -2.12. The van der Waals surface area contributed by atoms with E-state index in [4.69, 9.17) is 18.9 Å². The van der Waals surface area contributed by atoms with Crippen LogP contribution in [-0.2, 0) is 25.6 Å². The van der Waals surface area contributed by atoms with Gasteiger partial charge in [0.25, 0.3) is 0 Å². The molecule has 1 rings (SSSR count). The average molecular weight is 451 g/mol. The number of ether oxygens (including phenoxy) is 4. The summed E-state index contributed by atoms with van der Waals surface area (Å²) in [5.74, 6) is 0. The van der Waals surface area contributed by atoms with Gasteiger partial charge in [0, 0.05) is 6.61 Å². The van der Waals surface area contributed by atoms with Crippen LogP contribution in [0.3, 0.4) is 0 Å². The zero-order valence-corrected chi connectivity index (χ0v) is 20.9. The van der Waals surface area contributed by atoms with Crippen LogP contribution in [0.1, 0.15) is 96.0 Å². The molecule has 0 aliphatic heterocycles. The van der Waals surface area contributed by atoms with Gasteiger partial charge in [-0.1, -0.05) is 114 Å². The first-order valence-corrected chi connectivity index (χ1v) is 13.3. The molecule has 0 fully saturated rings. The van der Waals surface area contributed by atoms with Gasteiger partial charge in [-0.05, 0) is 12.0 Å². The molecule has 4 heteroatoms. The minimum absolute atomic E-state index is 0.603. The smallest absolute Gasteiger partial charge is 0.0718 e. The predicted molar refractivity (Wildman–Crippen MR) is 134 cm³/mol. The Morgan fingerprint density at radius 1 is 0.438 bits per heavy atom. The van der Waals surface area contributed by atoms with E-state index in [0.717, 1.165) is 6.61 Å². The fourth-order valence-electron chi connectivity index (χ4n) is 3.65. The summed E-state index contributed by atoms with van der Waals surface area (Å²) in [5, 5.41) is 0. The maximum atomic E-state index is 5.65. The van der Waals surface area contributed by atoms with Gasteiger partial charge < -0.3 is 18.9 Å². The topological polar surface area (TPSA) is 36.9 Å². The van der Waals surface area contributed by atoms with E-state index < -0.39 is 0 Å². The Kier molecular flexibility index (Phi) is 22.5. The fourth-order valence-corrected chi connectivity index (χ4v) is 3.65. The summed E-state index contributed by atoms with van der Waals surface area (Å²) in [4.78, 5) is 0. The third-order valence-electron chi connectivity index (χ3n) is 5.62. The van der Waals surface area contributed by atoms with Crippen molar-refractivity contribution in [3.8, 4) is 0 Å². The second kappa shape index (κ2) is 24.7. The predicted octanol–water partition coefficient (Wildman–Crippen LogP) is 7.34. The first kappa shape index (κ1) is 29.1. The first-order valence-electron chi connectivity index (χ1n) is 13.3. The molecule has 0 aliphatic rings. The molecular weight excluding hydrogens is 400 g/mol. The molecule has 0 atom stereocenters. The van der Waals surface area contributed by atoms with E-state index in [1.807, 2.05) is 18.2 Å². The van der Waals surface area contributed by atoms with Crippen LogP contribution in [0.25, 0.3) is 0 Å². The standard InChI is InChI=1S/C28H50O4/c1-2-3-4-5-6-7-8-9-10-11-12-13-17-20-29-21-22-30-23-24-31-25-26-32-27-28-18-15-14-16-19-28/h14-16,18-19H,2-13,17,20-27H2,1H3. The van der Waals surface area contributed by atoms with Crippen LogP contribution in [0.4, 0.5) is 0 Å². The molecule has 0 saturated carbocycles. The van der Waals surface area contributed by atoms with Gasteiger partial charge in [0.2, 0.25) is 0 Å².